The molecule has 4 heterocycles. The third-order valence-corrected chi connectivity index (χ3v) is 5.63. The number of hydrogen-bond donors (Lipinski definition) is 1. The van der Waals surface area contributed by atoms with E-state index in [2.05, 4.69) is 5.10 Å². The number of furan rings is 1. The number of carbonyl (C=O) groups is 1. The normalized spacial score (nSPS) is 27.6. The zero-order chi connectivity index (χ0) is 18.5. The van der Waals surface area contributed by atoms with Gasteiger partial charge >= 0.3 is 0 Å². The first kappa shape index (κ1) is 17.0. The number of ether oxygens (including phenoxy) is 2. The Balaban J connectivity index is 1.62. The van der Waals surface area contributed by atoms with Gasteiger partial charge in [0.05, 0.1) is 19.9 Å². The van der Waals surface area contributed by atoms with Crippen molar-refractivity contribution in [2.24, 2.45) is 7.05 Å². The van der Waals surface area contributed by atoms with Crippen LogP contribution >= 0.6 is 0 Å². The molecule has 1 amide bonds. The van der Waals surface area contributed by atoms with Gasteiger partial charge in [-0.1, -0.05) is 0 Å². The molecule has 0 saturated carbocycles. The van der Waals surface area contributed by atoms with Crippen LogP contribution in [0.15, 0.2) is 22.9 Å². The number of aromatic nitrogens is 2. The van der Waals surface area contributed by atoms with E-state index in [1.165, 1.54) is 20.5 Å². The lowest BCUT2D eigenvalue weighted by Crippen LogP contribution is -2.52. The second-order valence-corrected chi connectivity index (χ2v) is 7.04. The van der Waals surface area contributed by atoms with E-state index in [1.807, 2.05) is 18.0 Å². The Kier molecular flexibility index (Phi) is 3.95. The Morgan fingerprint density at radius 2 is 2.00 bits per heavy atom. The molecule has 2 aliphatic heterocycles. The summed E-state index contributed by atoms with van der Waals surface area (Å²) in [6.07, 6.45) is 5.74. The highest BCUT2D eigenvalue weighted by Gasteiger charge is 2.52. The first-order valence-electron chi connectivity index (χ1n) is 8.71. The Morgan fingerprint density at radius 1 is 1.31 bits per heavy atom. The highest BCUT2D eigenvalue weighted by molar-refractivity contribution is 5.95. The molecule has 3 atom stereocenters. The van der Waals surface area contributed by atoms with E-state index in [1.54, 1.807) is 10.9 Å². The predicted molar refractivity (Wildman–Crippen MR) is 91.1 cm³/mol. The van der Waals surface area contributed by atoms with Gasteiger partial charge in [0.2, 0.25) is 11.5 Å². The fraction of sp³-hybridized carbons (Fsp3) is 0.556. The van der Waals surface area contributed by atoms with Crippen molar-refractivity contribution >= 4 is 5.91 Å². The lowest BCUT2D eigenvalue weighted by molar-refractivity contribution is -0.0537. The van der Waals surface area contributed by atoms with Crippen molar-refractivity contribution in [3.05, 3.63) is 30.0 Å². The fourth-order valence-electron chi connectivity index (χ4n) is 4.53. The molecule has 0 spiro atoms. The van der Waals surface area contributed by atoms with Crippen molar-refractivity contribution in [2.75, 3.05) is 14.2 Å². The highest BCUT2D eigenvalue weighted by atomic mass is 16.5. The molecule has 2 bridgehead atoms. The van der Waals surface area contributed by atoms with Crippen LogP contribution in [0.25, 0.3) is 0 Å². The van der Waals surface area contributed by atoms with Crippen LogP contribution in [0.3, 0.4) is 0 Å². The van der Waals surface area contributed by atoms with Gasteiger partial charge in [0.25, 0.3) is 5.91 Å². The number of piperidine rings is 1. The molecule has 2 aromatic rings. The zero-order valence-electron chi connectivity index (χ0n) is 15.1. The van der Waals surface area contributed by atoms with Crippen LogP contribution in [0.5, 0.6) is 11.5 Å². The molecule has 2 fully saturated rings. The van der Waals surface area contributed by atoms with Gasteiger partial charge in [-0.2, -0.15) is 5.10 Å². The van der Waals surface area contributed by atoms with Gasteiger partial charge in [-0.15, -0.1) is 0 Å². The Hall–Kier alpha value is -2.48. The molecule has 0 aliphatic carbocycles. The Bertz CT molecular complexity index is 813. The summed E-state index contributed by atoms with van der Waals surface area (Å²) in [5.41, 5.74) is -0.183. The molecular formula is C18H23N3O5. The zero-order valence-corrected chi connectivity index (χ0v) is 15.1. The van der Waals surface area contributed by atoms with E-state index in [-0.39, 0.29) is 23.8 Å². The number of amides is 1. The molecule has 8 nitrogen and oxygen atoms in total. The third kappa shape index (κ3) is 2.39. The molecule has 2 aliphatic rings. The first-order valence-corrected chi connectivity index (χ1v) is 8.71. The van der Waals surface area contributed by atoms with Crippen molar-refractivity contribution in [2.45, 2.75) is 43.4 Å². The maximum atomic E-state index is 13.1. The summed E-state index contributed by atoms with van der Waals surface area (Å²) in [6, 6.07) is 1.74. The van der Waals surface area contributed by atoms with Crippen molar-refractivity contribution in [1.82, 2.24) is 14.7 Å². The summed E-state index contributed by atoms with van der Waals surface area (Å²) in [4.78, 5) is 15.0. The quantitative estimate of drug-likeness (QED) is 0.891. The number of rotatable bonds is 4. The Labute approximate surface area is 151 Å². The summed E-state index contributed by atoms with van der Waals surface area (Å²) < 4.78 is 17.6. The Morgan fingerprint density at radius 3 is 2.54 bits per heavy atom. The molecule has 1 unspecified atom stereocenters. The minimum Gasteiger partial charge on any atom is -0.490 e. The molecule has 4 rings (SSSR count). The van der Waals surface area contributed by atoms with Gasteiger partial charge in [-0.05, 0) is 18.9 Å². The van der Waals surface area contributed by atoms with Gasteiger partial charge in [0.15, 0.2) is 5.75 Å². The molecule has 2 aromatic heterocycles. The maximum absolute atomic E-state index is 13.1. The lowest BCUT2D eigenvalue weighted by atomic mass is 9.83. The largest absolute Gasteiger partial charge is 0.490 e. The fourth-order valence-corrected chi connectivity index (χ4v) is 4.53. The molecule has 140 valence electrons. The van der Waals surface area contributed by atoms with E-state index in [0.717, 1.165) is 18.5 Å². The van der Waals surface area contributed by atoms with E-state index < -0.39 is 5.60 Å². The molecule has 0 radical (unpaired) electrons. The molecule has 2 saturated heterocycles. The topological polar surface area (TPSA) is 90.0 Å². The standard InChI is InChI=1S/C18H23N3O5/c1-20-14(6-7-19-20)18(23)8-11-4-5-12(9-18)21(11)17(22)16-15(25-3)13(24-2)10-26-16/h6-7,10-12,23H,4-5,8-9H2,1-3H3/t11-,12+,18?. The summed E-state index contributed by atoms with van der Waals surface area (Å²) >= 11 is 0. The number of carbonyl (C=O) groups excluding carboxylic acids is 1. The third-order valence-electron chi connectivity index (χ3n) is 5.63. The minimum atomic E-state index is -0.973. The molecular weight excluding hydrogens is 338 g/mol. The average molecular weight is 361 g/mol. The molecule has 1 N–H and O–H groups in total. The summed E-state index contributed by atoms with van der Waals surface area (Å²) in [7, 11) is 4.81. The average Bonchev–Trinajstić information content (AvgIpc) is 3.30. The van der Waals surface area contributed by atoms with E-state index in [4.69, 9.17) is 13.9 Å². The van der Waals surface area contributed by atoms with Gasteiger partial charge in [-0.3, -0.25) is 9.48 Å². The second-order valence-electron chi connectivity index (χ2n) is 7.04. The summed E-state index contributed by atoms with van der Waals surface area (Å²) in [5.74, 6) is 0.632. The van der Waals surface area contributed by atoms with Crippen molar-refractivity contribution in [1.29, 1.82) is 0 Å². The lowest BCUT2D eigenvalue weighted by Gasteiger charge is -2.43. The smallest absolute Gasteiger partial charge is 0.294 e. The number of fused-ring (bicyclic) bond motifs is 2. The first-order chi connectivity index (χ1) is 12.5. The highest BCUT2D eigenvalue weighted by Crippen LogP contribution is 2.47. The van der Waals surface area contributed by atoms with Gasteiger partial charge in [0.1, 0.15) is 11.9 Å². The predicted octanol–water partition coefficient (Wildman–Crippen LogP) is 1.69. The number of aliphatic hydroxyl groups is 1. The maximum Gasteiger partial charge on any atom is 0.294 e. The van der Waals surface area contributed by atoms with Crippen LogP contribution in [-0.2, 0) is 12.6 Å². The van der Waals surface area contributed by atoms with E-state index in [9.17, 15) is 9.90 Å². The van der Waals surface area contributed by atoms with E-state index >= 15 is 0 Å². The minimum absolute atomic E-state index is 0.0537. The van der Waals surface area contributed by atoms with Crippen LogP contribution in [0.1, 0.15) is 41.9 Å². The number of nitrogens with zero attached hydrogens (tertiary/aromatic N) is 3. The van der Waals surface area contributed by atoms with E-state index in [0.29, 0.717) is 24.3 Å². The summed E-state index contributed by atoms with van der Waals surface area (Å²) in [6.45, 7) is 0. The molecule has 0 aromatic carbocycles. The summed E-state index contributed by atoms with van der Waals surface area (Å²) in [5, 5.41) is 15.4. The monoisotopic (exact) mass is 361 g/mol. The van der Waals surface area contributed by atoms with Gasteiger partial charge in [0, 0.05) is 38.2 Å². The SMILES string of the molecule is COc1coc(C(=O)N2[C@@H]3CC[C@H]2CC(O)(c2ccnn2C)C3)c1OC. The van der Waals surface area contributed by atoms with Crippen LogP contribution in [-0.4, -0.2) is 52.0 Å². The molecule has 26 heavy (non-hydrogen) atoms. The van der Waals surface area contributed by atoms with Crippen molar-refractivity contribution in [3.8, 4) is 11.5 Å². The number of aryl methyl sites for hydroxylation is 1. The van der Waals surface area contributed by atoms with Crippen LogP contribution in [0, 0.1) is 0 Å². The van der Waals surface area contributed by atoms with Gasteiger partial charge in [-0.25, -0.2) is 0 Å². The number of hydrogen-bond acceptors (Lipinski definition) is 6. The second kappa shape index (κ2) is 6.05. The van der Waals surface area contributed by atoms with Crippen LogP contribution in [0.4, 0.5) is 0 Å². The number of methoxy groups -OCH3 is 2. The van der Waals surface area contributed by atoms with Crippen LogP contribution < -0.4 is 9.47 Å². The van der Waals surface area contributed by atoms with Crippen molar-refractivity contribution < 1.29 is 23.8 Å². The van der Waals surface area contributed by atoms with Gasteiger partial charge < -0.3 is 23.9 Å². The van der Waals surface area contributed by atoms with Crippen LogP contribution in [0.2, 0.25) is 0 Å². The van der Waals surface area contributed by atoms with Crippen molar-refractivity contribution in [3.63, 3.8) is 0 Å². The molecule has 8 heteroatoms.